The Morgan fingerprint density at radius 1 is 0.291 bits per heavy atom. The molecule has 0 saturated carbocycles. The second kappa shape index (κ2) is 71.4. The van der Waals surface area contributed by atoms with Crippen LogP contribution in [0.25, 0.3) is 0 Å². The zero-order chi connectivity index (χ0) is 56.9. The van der Waals surface area contributed by atoms with E-state index in [-0.39, 0.29) is 12.5 Å². The van der Waals surface area contributed by atoms with Crippen LogP contribution < -0.4 is 5.32 Å². The van der Waals surface area contributed by atoms with E-state index in [2.05, 4.69) is 19.2 Å². The molecule has 0 heterocycles. The highest BCUT2D eigenvalue weighted by atomic mass is 16.3. The summed E-state index contributed by atoms with van der Waals surface area (Å²) in [6.07, 6.45) is 96.2. The van der Waals surface area contributed by atoms with Gasteiger partial charge in [0.1, 0.15) is 0 Å². The number of unbranched alkanes of at least 4 members (excludes halogenated alkanes) is 64. The molecule has 0 aromatic rings. The molecule has 472 valence electrons. The quantitative estimate of drug-likeness (QED) is 0.0420. The van der Waals surface area contributed by atoms with Gasteiger partial charge >= 0.3 is 0 Å². The van der Waals surface area contributed by atoms with Crippen LogP contribution in [-0.2, 0) is 4.79 Å². The van der Waals surface area contributed by atoms with Crippen molar-refractivity contribution in [1.29, 1.82) is 0 Å². The average molecular weight is 1110 g/mol. The third kappa shape index (κ3) is 67.8. The Morgan fingerprint density at radius 3 is 0.658 bits per heavy atom. The molecular weight excluding hydrogens is 963 g/mol. The minimum Gasteiger partial charge on any atom is -0.394 e. The summed E-state index contributed by atoms with van der Waals surface area (Å²) < 4.78 is 0. The minimum absolute atomic E-state index is 0.0523. The summed E-state index contributed by atoms with van der Waals surface area (Å²) in [6.45, 7) is 4.37. The Kier molecular flexibility index (Phi) is 70.6. The molecule has 0 spiro atoms. The van der Waals surface area contributed by atoms with Crippen LogP contribution in [0.2, 0.25) is 0 Å². The van der Waals surface area contributed by atoms with Gasteiger partial charge in [0.05, 0.1) is 18.8 Å². The number of carbonyl (C=O) groups is 1. The second-order valence-corrected chi connectivity index (χ2v) is 26.1. The van der Waals surface area contributed by atoms with Crippen molar-refractivity contribution in [3.05, 3.63) is 12.2 Å². The third-order valence-corrected chi connectivity index (χ3v) is 18.0. The largest absolute Gasteiger partial charge is 0.394 e. The van der Waals surface area contributed by atoms with Crippen molar-refractivity contribution in [3.8, 4) is 0 Å². The maximum absolute atomic E-state index is 12.6. The molecule has 2 atom stereocenters. The van der Waals surface area contributed by atoms with E-state index in [1.54, 1.807) is 6.08 Å². The van der Waals surface area contributed by atoms with Crippen LogP contribution >= 0.6 is 0 Å². The zero-order valence-corrected chi connectivity index (χ0v) is 54.7. The van der Waals surface area contributed by atoms with Crippen molar-refractivity contribution < 1.29 is 15.0 Å². The molecule has 0 aromatic heterocycles. The van der Waals surface area contributed by atoms with Gasteiger partial charge in [-0.3, -0.25) is 4.79 Å². The second-order valence-electron chi connectivity index (χ2n) is 26.1. The van der Waals surface area contributed by atoms with Crippen LogP contribution in [0.1, 0.15) is 444 Å². The maximum Gasteiger partial charge on any atom is 0.220 e. The summed E-state index contributed by atoms with van der Waals surface area (Å²) in [5.74, 6) is -0.0523. The lowest BCUT2D eigenvalue weighted by Crippen LogP contribution is -2.45. The van der Waals surface area contributed by atoms with Gasteiger partial charge in [-0.25, -0.2) is 0 Å². The predicted octanol–water partition coefficient (Wildman–Crippen LogP) is 25.6. The van der Waals surface area contributed by atoms with E-state index in [9.17, 15) is 15.0 Å². The topological polar surface area (TPSA) is 69.6 Å². The molecule has 79 heavy (non-hydrogen) atoms. The van der Waals surface area contributed by atoms with Crippen molar-refractivity contribution in [2.24, 2.45) is 0 Å². The van der Waals surface area contributed by atoms with E-state index in [4.69, 9.17) is 0 Å². The lowest BCUT2D eigenvalue weighted by molar-refractivity contribution is -0.123. The number of nitrogens with one attached hydrogen (secondary N) is 1. The van der Waals surface area contributed by atoms with E-state index >= 15 is 0 Å². The van der Waals surface area contributed by atoms with Gasteiger partial charge in [-0.1, -0.05) is 431 Å². The first-order chi connectivity index (χ1) is 39.2. The van der Waals surface area contributed by atoms with Gasteiger partial charge in [0, 0.05) is 6.42 Å². The predicted molar refractivity (Wildman–Crippen MR) is 355 cm³/mol. The van der Waals surface area contributed by atoms with Gasteiger partial charge in [0.2, 0.25) is 5.91 Å². The lowest BCUT2D eigenvalue weighted by Gasteiger charge is -2.20. The van der Waals surface area contributed by atoms with Crippen LogP contribution in [0, 0.1) is 0 Å². The normalized spacial score (nSPS) is 12.6. The van der Waals surface area contributed by atoms with Crippen LogP contribution in [0.3, 0.4) is 0 Å². The molecule has 4 nitrogen and oxygen atoms in total. The average Bonchev–Trinajstić information content (AvgIpc) is 3.45. The highest BCUT2D eigenvalue weighted by Gasteiger charge is 2.18. The van der Waals surface area contributed by atoms with Gasteiger partial charge in [-0.05, 0) is 19.3 Å². The standard InChI is InChI=1S/C75H149NO3/c1-3-5-7-9-11-13-15-17-19-21-23-25-27-29-31-33-34-35-36-37-38-39-40-41-43-45-47-49-51-53-55-57-59-61-63-65-67-69-71-75(79)76-73(72-77)74(78)70-68-66-64-62-60-58-56-54-52-50-48-46-44-42-32-30-28-26-24-22-20-18-16-14-12-10-8-6-4-2/h68,70,73-74,77-78H,3-67,69,71-72H2,1-2H3,(H,76,79)/b70-68+. The molecule has 0 saturated heterocycles. The first-order valence-electron chi connectivity index (χ1n) is 37.4. The van der Waals surface area contributed by atoms with Crippen LogP contribution in [0.15, 0.2) is 12.2 Å². The molecule has 3 N–H and O–H groups in total. The van der Waals surface area contributed by atoms with Gasteiger partial charge in [0.15, 0.2) is 0 Å². The fraction of sp³-hybridized carbons (Fsp3) is 0.960. The van der Waals surface area contributed by atoms with Gasteiger partial charge in [0.25, 0.3) is 0 Å². The van der Waals surface area contributed by atoms with Crippen LogP contribution in [0.4, 0.5) is 0 Å². The molecular formula is C75H149NO3. The molecule has 0 fully saturated rings. The summed E-state index contributed by atoms with van der Waals surface area (Å²) in [5, 5.41) is 23.3. The van der Waals surface area contributed by atoms with E-state index in [0.717, 1.165) is 25.7 Å². The molecule has 4 heteroatoms. The van der Waals surface area contributed by atoms with Gasteiger partial charge in [-0.15, -0.1) is 0 Å². The highest BCUT2D eigenvalue weighted by Crippen LogP contribution is 2.20. The number of aliphatic hydroxyl groups excluding tert-OH is 2. The number of rotatable bonds is 71. The van der Waals surface area contributed by atoms with E-state index in [1.807, 2.05) is 6.08 Å². The summed E-state index contributed by atoms with van der Waals surface area (Å²) >= 11 is 0. The molecule has 0 aliphatic heterocycles. The third-order valence-electron chi connectivity index (χ3n) is 18.0. The molecule has 1 amide bonds. The molecule has 0 rings (SSSR count). The van der Waals surface area contributed by atoms with Gasteiger partial charge in [-0.2, -0.15) is 0 Å². The number of amides is 1. The smallest absolute Gasteiger partial charge is 0.220 e. The number of hydrogen-bond acceptors (Lipinski definition) is 3. The summed E-state index contributed by atoms with van der Waals surface area (Å²) in [5.41, 5.74) is 0. The van der Waals surface area contributed by atoms with Crippen LogP contribution in [0.5, 0.6) is 0 Å². The Morgan fingerprint density at radius 2 is 0.468 bits per heavy atom. The van der Waals surface area contributed by atoms with E-state index in [1.165, 1.54) is 398 Å². The first-order valence-corrected chi connectivity index (χ1v) is 37.4. The van der Waals surface area contributed by atoms with Crippen LogP contribution in [-0.4, -0.2) is 34.9 Å². The molecule has 0 aliphatic rings. The summed E-state index contributed by atoms with van der Waals surface area (Å²) in [7, 11) is 0. The number of hydrogen-bond donors (Lipinski definition) is 3. The lowest BCUT2D eigenvalue weighted by atomic mass is 10.0. The molecule has 0 radical (unpaired) electrons. The number of aliphatic hydroxyl groups is 2. The summed E-state index contributed by atoms with van der Waals surface area (Å²) in [4.78, 5) is 12.6. The summed E-state index contributed by atoms with van der Waals surface area (Å²) in [6, 6.07) is -0.620. The van der Waals surface area contributed by atoms with Crippen molar-refractivity contribution in [3.63, 3.8) is 0 Å². The number of allylic oxidation sites excluding steroid dienone is 1. The van der Waals surface area contributed by atoms with E-state index < -0.39 is 12.1 Å². The van der Waals surface area contributed by atoms with Crippen molar-refractivity contribution in [2.75, 3.05) is 6.61 Å². The Bertz CT molecular complexity index is 1120. The monoisotopic (exact) mass is 1110 g/mol. The number of carbonyl (C=O) groups excluding carboxylic acids is 1. The SMILES string of the molecule is CCCCCCCCCCCCCCCCCCCCCCCCCCCCC/C=C/C(O)C(CO)NC(=O)CCCCCCCCCCCCCCCCCCCCCCCCCCCCCCCCCCCCCCCC. The maximum atomic E-state index is 12.6. The first kappa shape index (κ1) is 78.1. The molecule has 0 bridgehead atoms. The highest BCUT2D eigenvalue weighted by molar-refractivity contribution is 5.76. The molecule has 2 unspecified atom stereocenters. The molecule has 0 aromatic carbocycles. The van der Waals surface area contributed by atoms with Gasteiger partial charge < -0.3 is 15.5 Å². The van der Waals surface area contributed by atoms with Crippen molar-refractivity contribution in [1.82, 2.24) is 5.32 Å². The van der Waals surface area contributed by atoms with Crippen molar-refractivity contribution in [2.45, 2.75) is 456 Å². The minimum atomic E-state index is -0.837. The Labute approximate surface area is 498 Å². The van der Waals surface area contributed by atoms with Crippen molar-refractivity contribution >= 4 is 5.91 Å². The zero-order valence-electron chi connectivity index (χ0n) is 54.7. The Hall–Kier alpha value is -0.870. The Balaban J connectivity index is 3.37. The molecule has 0 aliphatic carbocycles. The fourth-order valence-corrected chi connectivity index (χ4v) is 12.4. The fourth-order valence-electron chi connectivity index (χ4n) is 12.4. The van der Waals surface area contributed by atoms with E-state index in [0.29, 0.717) is 6.42 Å².